The topological polar surface area (TPSA) is 80.8 Å². The van der Waals surface area contributed by atoms with Crippen LogP contribution in [0.25, 0.3) is 9.88 Å². The Kier molecular flexibility index (Phi) is 5.80. The van der Waals surface area contributed by atoms with E-state index in [1.165, 1.54) is 16.2 Å². The Hall–Kier alpha value is -3.69. The smallest absolute Gasteiger partial charge is 0.325 e. The van der Waals surface area contributed by atoms with Gasteiger partial charge in [0.2, 0.25) is 0 Å². The van der Waals surface area contributed by atoms with E-state index in [1.807, 2.05) is 22.9 Å². The van der Waals surface area contributed by atoms with Crippen LogP contribution in [0.2, 0.25) is 0 Å². The Morgan fingerprint density at radius 1 is 0.912 bits per heavy atom. The Morgan fingerprint density at radius 2 is 1.53 bits per heavy atom. The van der Waals surface area contributed by atoms with Crippen molar-refractivity contribution in [1.82, 2.24) is 15.2 Å². The van der Waals surface area contributed by atoms with E-state index in [1.54, 1.807) is 74.1 Å². The molecule has 5 rings (SSSR count). The summed E-state index contributed by atoms with van der Waals surface area (Å²) in [5.74, 6) is 0.954. The fourth-order valence-corrected chi connectivity index (χ4v) is 5.64. The Labute approximate surface area is 204 Å². The van der Waals surface area contributed by atoms with Crippen LogP contribution >= 0.6 is 22.7 Å². The number of urea groups is 1. The van der Waals surface area contributed by atoms with E-state index in [0.717, 1.165) is 9.88 Å². The highest BCUT2D eigenvalue weighted by Crippen LogP contribution is 2.38. The second-order valence-electron chi connectivity index (χ2n) is 7.65. The van der Waals surface area contributed by atoms with Crippen molar-refractivity contribution in [3.8, 4) is 21.4 Å². The summed E-state index contributed by atoms with van der Waals surface area (Å²) in [4.78, 5) is 34.0. The normalized spacial score (nSPS) is 14.8. The molecule has 4 aromatic rings. The fraction of sp³-hybridized carbons (Fsp3) is 0.160. The van der Waals surface area contributed by atoms with Crippen LogP contribution in [0.1, 0.15) is 16.8 Å². The number of thiazole rings is 1. The SMILES string of the molecule is COc1ccc(C2(c3ccc(OC)cc3)NC(=O)N(Cc3csc(-c4cccs4)n3)C2=O)cc1. The van der Waals surface area contributed by atoms with Crippen LogP contribution in [0.15, 0.2) is 71.4 Å². The van der Waals surface area contributed by atoms with Crippen molar-refractivity contribution in [3.05, 3.63) is 88.2 Å². The fourth-order valence-electron chi connectivity index (χ4n) is 4.01. The van der Waals surface area contributed by atoms with Gasteiger partial charge in [-0.15, -0.1) is 22.7 Å². The molecule has 0 bridgehead atoms. The molecule has 1 fully saturated rings. The van der Waals surface area contributed by atoms with Gasteiger partial charge in [-0.25, -0.2) is 9.78 Å². The van der Waals surface area contributed by atoms with E-state index in [-0.39, 0.29) is 12.5 Å². The first-order valence-corrected chi connectivity index (χ1v) is 12.2. The third kappa shape index (κ3) is 3.72. The third-order valence-corrected chi connectivity index (χ3v) is 7.69. The first kappa shape index (κ1) is 22.1. The molecular weight excluding hydrogens is 470 g/mol. The molecule has 7 nitrogen and oxygen atoms in total. The maximum absolute atomic E-state index is 13.9. The molecule has 0 saturated carbocycles. The van der Waals surface area contributed by atoms with Crippen LogP contribution < -0.4 is 14.8 Å². The number of amides is 3. The molecule has 0 aliphatic carbocycles. The average Bonchev–Trinajstić information content (AvgIpc) is 3.62. The minimum atomic E-state index is -1.37. The largest absolute Gasteiger partial charge is 0.497 e. The summed E-state index contributed by atoms with van der Waals surface area (Å²) in [6.07, 6.45) is 0. The molecule has 2 aromatic heterocycles. The lowest BCUT2D eigenvalue weighted by Gasteiger charge is -2.28. The predicted octanol–water partition coefficient (Wildman–Crippen LogP) is 4.88. The molecule has 0 spiro atoms. The third-order valence-electron chi connectivity index (χ3n) is 5.76. The minimum absolute atomic E-state index is 0.0839. The van der Waals surface area contributed by atoms with Crippen molar-refractivity contribution in [2.45, 2.75) is 12.1 Å². The quantitative estimate of drug-likeness (QED) is 0.373. The molecule has 172 valence electrons. The van der Waals surface area contributed by atoms with Crippen molar-refractivity contribution in [2.24, 2.45) is 0 Å². The Morgan fingerprint density at radius 3 is 2.06 bits per heavy atom. The number of ether oxygens (including phenoxy) is 2. The van der Waals surface area contributed by atoms with Crippen molar-refractivity contribution >= 4 is 34.6 Å². The maximum atomic E-state index is 13.9. The van der Waals surface area contributed by atoms with Gasteiger partial charge in [-0.1, -0.05) is 30.3 Å². The highest BCUT2D eigenvalue weighted by atomic mass is 32.1. The highest BCUT2D eigenvalue weighted by Gasteiger charge is 2.53. The van der Waals surface area contributed by atoms with Crippen LogP contribution in [-0.2, 0) is 16.9 Å². The van der Waals surface area contributed by atoms with Crippen LogP contribution in [0, 0.1) is 0 Å². The number of benzene rings is 2. The van der Waals surface area contributed by atoms with Crippen molar-refractivity contribution in [3.63, 3.8) is 0 Å². The van der Waals surface area contributed by atoms with E-state index in [2.05, 4.69) is 10.3 Å². The second kappa shape index (κ2) is 8.92. The van der Waals surface area contributed by atoms with Gasteiger partial charge in [-0.05, 0) is 46.8 Å². The number of carbonyl (C=O) groups is 2. The first-order chi connectivity index (χ1) is 16.5. The Bertz CT molecular complexity index is 1270. The van der Waals surface area contributed by atoms with Crippen molar-refractivity contribution < 1.29 is 19.1 Å². The number of hydrogen-bond acceptors (Lipinski definition) is 7. The molecule has 1 saturated heterocycles. The van der Waals surface area contributed by atoms with Gasteiger partial charge in [-0.3, -0.25) is 9.69 Å². The summed E-state index contributed by atoms with van der Waals surface area (Å²) in [7, 11) is 3.16. The molecular formula is C25H21N3O4S2. The molecule has 1 aliphatic rings. The lowest BCUT2D eigenvalue weighted by atomic mass is 9.82. The number of rotatable bonds is 7. The zero-order valence-corrected chi connectivity index (χ0v) is 20.1. The number of thiophene rings is 1. The molecule has 0 atom stereocenters. The van der Waals surface area contributed by atoms with Gasteiger partial charge >= 0.3 is 6.03 Å². The molecule has 3 heterocycles. The molecule has 9 heteroatoms. The summed E-state index contributed by atoms with van der Waals surface area (Å²) in [6.45, 7) is 0.0839. The average molecular weight is 492 g/mol. The summed E-state index contributed by atoms with van der Waals surface area (Å²) in [6, 6.07) is 17.8. The summed E-state index contributed by atoms with van der Waals surface area (Å²) in [5.41, 5.74) is 0.563. The van der Waals surface area contributed by atoms with Crippen LogP contribution in [-0.4, -0.2) is 36.0 Å². The predicted molar refractivity (Wildman–Crippen MR) is 131 cm³/mol. The van der Waals surface area contributed by atoms with Crippen LogP contribution in [0.4, 0.5) is 4.79 Å². The monoisotopic (exact) mass is 491 g/mol. The van der Waals surface area contributed by atoms with Crippen molar-refractivity contribution in [2.75, 3.05) is 14.2 Å². The Balaban J connectivity index is 1.52. The second-order valence-corrected chi connectivity index (χ2v) is 9.46. The van der Waals surface area contributed by atoms with Gasteiger partial charge in [0.15, 0.2) is 5.54 Å². The highest BCUT2D eigenvalue weighted by molar-refractivity contribution is 7.20. The van der Waals surface area contributed by atoms with E-state index in [0.29, 0.717) is 28.3 Å². The van der Waals surface area contributed by atoms with E-state index < -0.39 is 11.6 Å². The number of methoxy groups -OCH3 is 2. The molecule has 34 heavy (non-hydrogen) atoms. The van der Waals surface area contributed by atoms with E-state index >= 15 is 0 Å². The standard InChI is InChI=1S/C25H21N3O4S2/c1-31-19-9-5-16(6-10-19)25(17-7-11-20(32-2)12-8-17)23(29)28(24(30)27-25)14-18-15-34-22(26-18)21-4-3-13-33-21/h3-13,15H,14H2,1-2H3,(H,27,30). The summed E-state index contributed by atoms with van der Waals surface area (Å²) in [5, 5.41) is 7.71. The zero-order chi connectivity index (χ0) is 23.7. The van der Waals surface area contributed by atoms with Gasteiger partial charge in [0.25, 0.3) is 5.91 Å². The van der Waals surface area contributed by atoms with E-state index in [4.69, 9.17) is 9.47 Å². The number of hydrogen-bond donors (Lipinski definition) is 1. The zero-order valence-electron chi connectivity index (χ0n) is 18.5. The van der Waals surface area contributed by atoms with Gasteiger partial charge in [0.1, 0.15) is 16.5 Å². The minimum Gasteiger partial charge on any atom is -0.497 e. The molecule has 1 aliphatic heterocycles. The number of imide groups is 1. The van der Waals surface area contributed by atoms with Gasteiger partial charge in [0.05, 0.1) is 31.3 Å². The van der Waals surface area contributed by atoms with Gasteiger partial charge in [-0.2, -0.15) is 0 Å². The number of nitrogens with zero attached hydrogens (tertiary/aromatic N) is 2. The lowest BCUT2D eigenvalue weighted by molar-refractivity contribution is -0.130. The number of nitrogens with one attached hydrogen (secondary N) is 1. The van der Waals surface area contributed by atoms with E-state index in [9.17, 15) is 9.59 Å². The molecule has 2 aromatic carbocycles. The number of carbonyl (C=O) groups excluding carboxylic acids is 2. The van der Waals surface area contributed by atoms with Crippen LogP contribution in [0.3, 0.4) is 0 Å². The van der Waals surface area contributed by atoms with Crippen LogP contribution in [0.5, 0.6) is 11.5 Å². The molecule has 3 amide bonds. The number of aromatic nitrogens is 1. The first-order valence-electron chi connectivity index (χ1n) is 10.5. The van der Waals surface area contributed by atoms with Gasteiger partial charge in [0, 0.05) is 5.38 Å². The van der Waals surface area contributed by atoms with Gasteiger partial charge < -0.3 is 14.8 Å². The molecule has 0 unspecified atom stereocenters. The summed E-state index contributed by atoms with van der Waals surface area (Å²) < 4.78 is 10.6. The molecule has 0 radical (unpaired) electrons. The maximum Gasteiger partial charge on any atom is 0.325 e. The van der Waals surface area contributed by atoms with Crippen molar-refractivity contribution in [1.29, 1.82) is 0 Å². The summed E-state index contributed by atoms with van der Waals surface area (Å²) >= 11 is 3.10. The molecule has 1 N–H and O–H groups in total. The lowest BCUT2D eigenvalue weighted by Crippen LogP contribution is -2.45.